The van der Waals surface area contributed by atoms with Gasteiger partial charge in [0.05, 0.1) is 0 Å². The quantitative estimate of drug-likeness (QED) is 0.683. The van der Waals surface area contributed by atoms with Crippen LogP contribution in [0.5, 0.6) is 0 Å². The number of rotatable bonds is 6. The standard InChI is InChI=1S/C12H20N2O4S/c15-10(2-1-3-11(16)17)14-12(18)13-8-9-4-6-19-7-5-9/h9H,1-8H2,(H,16,17)(H2,13,14,15,18). The zero-order valence-corrected chi connectivity index (χ0v) is 11.6. The Morgan fingerprint density at radius 2 is 1.84 bits per heavy atom. The summed E-state index contributed by atoms with van der Waals surface area (Å²) in [6, 6.07) is -0.487. The number of urea groups is 1. The van der Waals surface area contributed by atoms with Gasteiger partial charge in [-0.1, -0.05) is 0 Å². The average molecular weight is 288 g/mol. The van der Waals surface area contributed by atoms with Gasteiger partial charge in [-0.3, -0.25) is 14.9 Å². The van der Waals surface area contributed by atoms with Gasteiger partial charge in [0.1, 0.15) is 0 Å². The molecule has 1 aliphatic rings. The number of hydrogen-bond donors (Lipinski definition) is 3. The van der Waals surface area contributed by atoms with Gasteiger partial charge in [-0.15, -0.1) is 0 Å². The maximum Gasteiger partial charge on any atom is 0.321 e. The molecule has 0 aromatic heterocycles. The minimum Gasteiger partial charge on any atom is -0.481 e. The highest BCUT2D eigenvalue weighted by molar-refractivity contribution is 7.99. The molecule has 6 nitrogen and oxygen atoms in total. The molecule has 3 N–H and O–H groups in total. The Balaban J connectivity index is 2.08. The number of thioether (sulfide) groups is 1. The summed E-state index contributed by atoms with van der Waals surface area (Å²) in [6.45, 7) is 0.592. The van der Waals surface area contributed by atoms with Crippen LogP contribution in [0, 0.1) is 5.92 Å². The molecule has 1 aliphatic heterocycles. The highest BCUT2D eigenvalue weighted by Gasteiger charge is 2.15. The second-order valence-corrected chi connectivity index (χ2v) is 5.79. The maximum atomic E-state index is 11.4. The predicted molar refractivity (Wildman–Crippen MR) is 73.1 cm³/mol. The highest BCUT2D eigenvalue weighted by atomic mass is 32.2. The first-order valence-electron chi connectivity index (χ1n) is 6.45. The summed E-state index contributed by atoms with van der Waals surface area (Å²) in [7, 11) is 0. The van der Waals surface area contributed by atoms with E-state index in [9.17, 15) is 14.4 Å². The van der Waals surface area contributed by atoms with E-state index < -0.39 is 17.9 Å². The van der Waals surface area contributed by atoms with Crippen LogP contribution < -0.4 is 10.6 Å². The molecule has 0 atom stereocenters. The van der Waals surface area contributed by atoms with Crippen LogP contribution in [0.15, 0.2) is 0 Å². The average Bonchev–Trinajstić information content (AvgIpc) is 2.37. The molecule has 3 amide bonds. The molecule has 0 bridgehead atoms. The van der Waals surface area contributed by atoms with Crippen LogP contribution in [0.2, 0.25) is 0 Å². The van der Waals surface area contributed by atoms with Gasteiger partial charge in [-0.2, -0.15) is 11.8 Å². The SMILES string of the molecule is O=C(O)CCCC(=O)NC(=O)NCC1CCSCC1. The molecule has 0 radical (unpaired) electrons. The van der Waals surface area contributed by atoms with E-state index in [1.54, 1.807) is 0 Å². The first kappa shape index (κ1) is 15.8. The Morgan fingerprint density at radius 3 is 2.47 bits per heavy atom. The molecule has 0 aromatic rings. The van der Waals surface area contributed by atoms with Gasteiger partial charge in [0.15, 0.2) is 0 Å². The normalized spacial score (nSPS) is 15.8. The molecule has 1 fully saturated rings. The van der Waals surface area contributed by atoms with Crippen LogP contribution >= 0.6 is 11.8 Å². The summed E-state index contributed by atoms with van der Waals surface area (Å²) in [4.78, 5) is 33.0. The Morgan fingerprint density at radius 1 is 1.16 bits per heavy atom. The molecule has 1 rings (SSSR count). The molecule has 19 heavy (non-hydrogen) atoms. The van der Waals surface area contributed by atoms with Crippen LogP contribution in [0.25, 0.3) is 0 Å². The summed E-state index contributed by atoms with van der Waals surface area (Å²) >= 11 is 1.92. The fraction of sp³-hybridized carbons (Fsp3) is 0.750. The summed E-state index contributed by atoms with van der Waals surface area (Å²) in [5.41, 5.74) is 0. The molecular formula is C12H20N2O4S. The minimum absolute atomic E-state index is 0.0553. The lowest BCUT2D eigenvalue weighted by Crippen LogP contribution is -2.41. The van der Waals surface area contributed by atoms with Gasteiger partial charge in [-0.05, 0) is 36.7 Å². The Hall–Kier alpha value is -1.24. The molecule has 7 heteroatoms. The number of carboxylic acids is 1. The van der Waals surface area contributed by atoms with Gasteiger partial charge < -0.3 is 10.4 Å². The molecule has 108 valence electrons. The van der Waals surface area contributed by atoms with Gasteiger partial charge in [-0.25, -0.2) is 4.79 Å². The van der Waals surface area contributed by atoms with Gasteiger partial charge in [0.2, 0.25) is 5.91 Å². The van der Waals surface area contributed by atoms with E-state index in [1.165, 1.54) is 0 Å². The third-order valence-corrected chi connectivity index (χ3v) is 3.99. The number of aliphatic carboxylic acids is 1. The first-order valence-corrected chi connectivity index (χ1v) is 7.60. The van der Waals surface area contributed by atoms with E-state index in [2.05, 4.69) is 10.6 Å². The number of hydrogen-bond acceptors (Lipinski definition) is 4. The van der Waals surface area contributed by atoms with Crippen molar-refractivity contribution in [1.29, 1.82) is 0 Å². The van der Waals surface area contributed by atoms with Crippen molar-refractivity contribution in [2.45, 2.75) is 32.1 Å². The number of imide groups is 1. The van der Waals surface area contributed by atoms with Crippen LogP contribution in [0.3, 0.4) is 0 Å². The Kier molecular flexibility index (Phi) is 7.32. The van der Waals surface area contributed by atoms with Crippen LogP contribution in [-0.2, 0) is 9.59 Å². The Labute approximate surface area is 116 Å². The number of carbonyl (C=O) groups excluding carboxylic acids is 2. The number of carbonyl (C=O) groups is 3. The molecular weight excluding hydrogens is 268 g/mol. The highest BCUT2D eigenvalue weighted by Crippen LogP contribution is 2.21. The van der Waals surface area contributed by atoms with Crippen molar-refractivity contribution in [1.82, 2.24) is 10.6 Å². The maximum absolute atomic E-state index is 11.4. The third-order valence-electron chi connectivity index (χ3n) is 2.94. The van der Waals surface area contributed by atoms with Crippen molar-refractivity contribution < 1.29 is 19.5 Å². The smallest absolute Gasteiger partial charge is 0.321 e. The molecule has 0 spiro atoms. The predicted octanol–water partition coefficient (Wildman–Crippen LogP) is 1.21. The first-order chi connectivity index (χ1) is 9.08. The molecule has 0 aliphatic carbocycles. The summed E-state index contributed by atoms with van der Waals surface area (Å²) in [6.07, 6.45) is 2.43. The van der Waals surface area contributed by atoms with E-state index in [0.29, 0.717) is 12.5 Å². The second kappa shape index (κ2) is 8.79. The van der Waals surface area contributed by atoms with E-state index >= 15 is 0 Å². The Bertz CT molecular complexity index is 330. The van der Waals surface area contributed by atoms with Crippen LogP contribution in [-0.4, -0.2) is 41.1 Å². The number of carboxylic acid groups (broad SMARTS) is 1. The van der Waals surface area contributed by atoms with Gasteiger partial charge in [0, 0.05) is 19.4 Å². The zero-order valence-electron chi connectivity index (χ0n) is 10.8. The lowest BCUT2D eigenvalue weighted by atomic mass is 10.0. The van der Waals surface area contributed by atoms with E-state index in [4.69, 9.17) is 5.11 Å². The fourth-order valence-electron chi connectivity index (χ4n) is 1.82. The van der Waals surface area contributed by atoms with Gasteiger partial charge in [0.25, 0.3) is 0 Å². The molecule has 1 heterocycles. The molecule has 0 unspecified atom stereocenters. The second-order valence-electron chi connectivity index (χ2n) is 4.56. The summed E-state index contributed by atoms with van der Waals surface area (Å²) in [5, 5.41) is 13.3. The van der Waals surface area contributed by atoms with Crippen LogP contribution in [0.4, 0.5) is 4.79 Å². The number of amides is 3. The summed E-state index contributed by atoms with van der Waals surface area (Å²) < 4.78 is 0. The summed E-state index contributed by atoms with van der Waals surface area (Å²) in [5.74, 6) is 1.38. The van der Waals surface area contributed by atoms with E-state index in [-0.39, 0.29) is 19.3 Å². The lowest BCUT2D eigenvalue weighted by molar-refractivity contribution is -0.137. The largest absolute Gasteiger partial charge is 0.481 e. The van der Waals surface area contributed by atoms with E-state index in [1.807, 2.05) is 11.8 Å². The van der Waals surface area contributed by atoms with Crippen molar-refractivity contribution in [2.75, 3.05) is 18.1 Å². The number of nitrogens with one attached hydrogen (secondary N) is 2. The van der Waals surface area contributed by atoms with Crippen molar-refractivity contribution in [3.63, 3.8) is 0 Å². The molecule has 0 saturated carbocycles. The monoisotopic (exact) mass is 288 g/mol. The fourth-order valence-corrected chi connectivity index (χ4v) is 3.03. The van der Waals surface area contributed by atoms with Crippen molar-refractivity contribution in [3.05, 3.63) is 0 Å². The lowest BCUT2D eigenvalue weighted by Gasteiger charge is -2.21. The topological polar surface area (TPSA) is 95.5 Å². The van der Waals surface area contributed by atoms with Crippen LogP contribution in [0.1, 0.15) is 32.1 Å². The van der Waals surface area contributed by atoms with Crippen molar-refractivity contribution in [3.8, 4) is 0 Å². The van der Waals surface area contributed by atoms with Crippen molar-refractivity contribution >= 4 is 29.7 Å². The van der Waals surface area contributed by atoms with Crippen molar-refractivity contribution in [2.24, 2.45) is 5.92 Å². The van der Waals surface area contributed by atoms with E-state index in [0.717, 1.165) is 24.3 Å². The van der Waals surface area contributed by atoms with Gasteiger partial charge >= 0.3 is 12.0 Å². The third kappa shape index (κ3) is 7.71. The molecule has 0 aromatic carbocycles. The molecule has 1 saturated heterocycles. The zero-order chi connectivity index (χ0) is 14.1. The minimum atomic E-state index is -0.938.